The van der Waals surface area contributed by atoms with Crippen LogP contribution in [0.5, 0.6) is 0 Å². The Morgan fingerprint density at radius 3 is 2.27 bits per heavy atom. The number of anilines is 2. The minimum Gasteiger partial charge on any atom is -0.368 e. The normalized spacial score (nSPS) is 15.0. The molecular weight excluding hydrogens is 304 g/mol. The number of piperazine rings is 1. The second kappa shape index (κ2) is 6.19. The number of aromatic nitrogens is 1. The Labute approximate surface area is 133 Å². The maximum absolute atomic E-state index is 10.8. The van der Waals surface area contributed by atoms with Gasteiger partial charge in [-0.1, -0.05) is 11.6 Å². The van der Waals surface area contributed by atoms with Gasteiger partial charge >= 0.3 is 0 Å². The number of hydrogen-bond acceptors (Lipinski definition) is 4. The molecule has 22 heavy (non-hydrogen) atoms. The number of pyridine rings is 1. The highest BCUT2D eigenvalue weighted by molar-refractivity contribution is 6.33. The zero-order valence-corrected chi connectivity index (χ0v) is 12.7. The minimum absolute atomic E-state index is 0.0212. The zero-order valence-electron chi connectivity index (χ0n) is 11.9. The van der Waals surface area contributed by atoms with Gasteiger partial charge in [0.05, 0.1) is 15.6 Å². The van der Waals surface area contributed by atoms with Gasteiger partial charge in [0.1, 0.15) is 0 Å². The molecule has 0 atom stereocenters. The molecule has 0 aliphatic carbocycles. The van der Waals surface area contributed by atoms with Crippen LogP contribution >= 0.6 is 11.6 Å². The number of nitrogens with zero attached hydrogens (tertiary/aromatic N) is 3. The lowest BCUT2D eigenvalue weighted by atomic mass is 10.2. The second-order valence-corrected chi connectivity index (χ2v) is 5.53. The molecule has 7 heteroatoms. The van der Waals surface area contributed by atoms with Crippen LogP contribution in [0.4, 0.5) is 17.1 Å². The number of benzene rings is 1. The van der Waals surface area contributed by atoms with E-state index in [-0.39, 0.29) is 5.69 Å². The van der Waals surface area contributed by atoms with E-state index in [4.69, 9.17) is 11.6 Å². The lowest BCUT2D eigenvalue weighted by Crippen LogP contribution is -2.46. The van der Waals surface area contributed by atoms with E-state index in [1.807, 2.05) is 12.4 Å². The summed E-state index contributed by atoms with van der Waals surface area (Å²) < 4.78 is 0. The Bertz CT molecular complexity index is 672. The van der Waals surface area contributed by atoms with Crippen LogP contribution in [0.2, 0.25) is 5.02 Å². The van der Waals surface area contributed by atoms with Crippen LogP contribution in [-0.4, -0.2) is 31.1 Å². The van der Waals surface area contributed by atoms with Gasteiger partial charge in [-0.2, -0.15) is 0 Å². The molecule has 1 aliphatic heterocycles. The molecule has 0 amide bonds. The minimum atomic E-state index is -0.431. The first-order valence-electron chi connectivity index (χ1n) is 7.05. The molecular formula is C15H16ClN4O2+. The predicted octanol–water partition coefficient (Wildman–Crippen LogP) is 2.39. The van der Waals surface area contributed by atoms with Crippen molar-refractivity contribution in [3.05, 3.63) is 57.9 Å². The maximum Gasteiger partial charge on any atom is 0.271 e. The summed E-state index contributed by atoms with van der Waals surface area (Å²) in [5, 5.41) is 11.2. The Morgan fingerprint density at radius 2 is 1.68 bits per heavy atom. The van der Waals surface area contributed by atoms with Crippen molar-refractivity contribution in [2.45, 2.75) is 0 Å². The second-order valence-electron chi connectivity index (χ2n) is 5.13. The zero-order chi connectivity index (χ0) is 15.5. The van der Waals surface area contributed by atoms with E-state index >= 15 is 0 Å². The van der Waals surface area contributed by atoms with Crippen molar-refractivity contribution in [2.75, 3.05) is 36.0 Å². The number of halogens is 1. The molecule has 0 bridgehead atoms. The quantitative estimate of drug-likeness (QED) is 0.643. The smallest absolute Gasteiger partial charge is 0.271 e. The van der Waals surface area contributed by atoms with Crippen molar-refractivity contribution >= 4 is 28.7 Å². The fourth-order valence-corrected chi connectivity index (χ4v) is 2.95. The average molecular weight is 320 g/mol. The summed E-state index contributed by atoms with van der Waals surface area (Å²) in [6, 6.07) is 8.74. The standard InChI is InChI=1S/C15H15ClN4O2/c16-14-11-13(20(21)22)1-2-15(14)19-9-7-18(8-10-19)12-3-5-17-6-4-12/h1-6,11H,7-10H2/p+1. The molecule has 6 nitrogen and oxygen atoms in total. The van der Waals surface area contributed by atoms with Gasteiger partial charge in [0.15, 0.2) is 12.4 Å². The number of hydrogen-bond donors (Lipinski definition) is 0. The molecule has 1 N–H and O–H groups in total. The molecule has 0 spiro atoms. The van der Waals surface area contributed by atoms with Gasteiger partial charge in [0, 0.05) is 56.1 Å². The Balaban J connectivity index is 1.70. The van der Waals surface area contributed by atoms with Gasteiger partial charge in [-0.05, 0) is 6.07 Å². The van der Waals surface area contributed by atoms with E-state index in [1.165, 1.54) is 17.8 Å². The highest BCUT2D eigenvalue weighted by atomic mass is 35.5. The summed E-state index contributed by atoms with van der Waals surface area (Å²) in [5.41, 5.74) is 2.06. The fourth-order valence-electron chi connectivity index (χ4n) is 2.66. The maximum atomic E-state index is 10.8. The van der Waals surface area contributed by atoms with E-state index in [2.05, 4.69) is 26.9 Å². The molecule has 1 aromatic heterocycles. The van der Waals surface area contributed by atoms with E-state index in [9.17, 15) is 10.1 Å². The highest BCUT2D eigenvalue weighted by Crippen LogP contribution is 2.30. The van der Waals surface area contributed by atoms with Crippen molar-refractivity contribution in [1.82, 2.24) is 0 Å². The molecule has 0 unspecified atom stereocenters. The largest absolute Gasteiger partial charge is 0.368 e. The van der Waals surface area contributed by atoms with Crippen LogP contribution < -0.4 is 14.8 Å². The molecule has 1 saturated heterocycles. The van der Waals surface area contributed by atoms with Crippen LogP contribution in [0.1, 0.15) is 0 Å². The number of nitro groups is 1. The Kier molecular flexibility index (Phi) is 4.11. The van der Waals surface area contributed by atoms with Crippen molar-refractivity contribution in [2.24, 2.45) is 0 Å². The van der Waals surface area contributed by atoms with Crippen molar-refractivity contribution in [3.63, 3.8) is 0 Å². The van der Waals surface area contributed by atoms with Crippen molar-refractivity contribution < 1.29 is 9.91 Å². The first-order chi connectivity index (χ1) is 10.6. The molecule has 3 rings (SSSR count). The van der Waals surface area contributed by atoms with Gasteiger partial charge in [-0.25, -0.2) is 4.98 Å². The van der Waals surface area contributed by atoms with Crippen LogP contribution in [0.15, 0.2) is 42.7 Å². The van der Waals surface area contributed by atoms with E-state index in [1.54, 1.807) is 6.07 Å². The number of aromatic amines is 1. The summed E-state index contributed by atoms with van der Waals surface area (Å²) in [7, 11) is 0. The molecule has 114 valence electrons. The topological polar surface area (TPSA) is 63.8 Å². The number of nitro benzene ring substituents is 1. The molecule has 1 fully saturated rings. The van der Waals surface area contributed by atoms with Gasteiger partial charge in [0.2, 0.25) is 0 Å². The average Bonchev–Trinajstić information content (AvgIpc) is 2.56. The SMILES string of the molecule is O=[N+]([O-])c1ccc(N2CCN(c3cc[nH+]cc3)CC2)c(Cl)c1. The fraction of sp³-hybridized carbons (Fsp3) is 0.267. The lowest BCUT2D eigenvalue weighted by molar-refractivity contribution is -0.384. The predicted molar refractivity (Wildman–Crippen MR) is 85.5 cm³/mol. The van der Waals surface area contributed by atoms with Gasteiger partial charge < -0.3 is 9.80 Å². The molecule has 2 heterocycles. The third-order valence-electron chi connectivity index (χ3n) is 3.83. The van der Waals surface area contributed by atoms with Crippen LogP contribution in [-0.2, 0) is 0 Å². The number of rotatable bonds is 3. The summed E-state index contributed by atoms with van der Waals surface area (Å²) >= 11 is 6.20. The van der Waals surface area contributed by atoms with E-state index in [0.717, 1.165) is 31.9 Å². The third-order valence-corrected chi connectivity index (χ3v) is 4.13. The first kappa shape index (κ1) is 14.6. The first-order valence-corrected chi connectivity index (χ1v) is 7.43. The Hall–Kier alpha value is -2.34. The Morgan fingerprint density at radius 1 is 1.05 bits per heavy atom. The van der Waals surface area contributed by atoms with Gasteiger partial charge in [-0.15, -0.1) is 0 Å². The van der Waals surface area contributed by atoms with Crippen LogP contribution in [0.3, 0.4) is 0 Å². The van der Waals surface area contributed by atoms with Gasteiger partial charge in [-0.3, -0.25) is 10.1 Å². The monoisotopic (exact) mass is 319 g/mol. The van der Waals surface area contributed by atoms with Crippen LogP contribution in [0.25, 0.3) is 0 Å². The van der Waals surface area contributed by atoms with Crippen molar-refractivity contribution in [1.29, 1.82) is 0 Å². The number of H-pyrrole nitrogens is 1. The number of non-ortho nitro benzene ring substituents is 1. The van der Waals surface area contributed by atoms with Crippen LogP contribution in [0, 0.1) is 10.1 Å². The molecule has 0 radical (unpaired) electrons. The highest BCUT2D eigenvalue weighted by Gasteiger charge is 2.20. The van der Waals surface area contributed by atoms with Gasteiger partial charge in [0.25, 0.3) is 5.69 Å². The lowest BCUT2D eigenvalue weighted by Gasteiger charge is -2.37. The summed E-state index contributed by atoms with van der Waals surface area (Å²) in [6.07, 6.45) is 3.82. The van der Waals surface area contributed by atoms with E-state index in [0.29, 0.717) is 5.02 Å². The number of nitrogens with one attached hydrogen (secondary N) is 1. The summed E-state index contributed by atoms with van der Waals surface area (Å²) in [5.74, 6) is 0. The van der Waals surface area contributed by atoms with Crippen molar-refractivity contribution in [3.8, 4) is 0 Å². The summed E-state index contributed by atoms with van der Waals surface area (Å²) in [4.78, 5) is 17.8. The molecule has 1 aliphatic rings. The molecule has 0 saturated carbocycles. The summed E-state index contributed by atoms with van der Waals surface area (Å²) in [6.45, 7) is 3.43. The third kappa shape index (κ3) is 2.96. The van der Waals surface area contributed by atoms with E-state index < -0.39 is 4.92 Å². The molecule has 2 aromatic rings. The molecule has 1 aromatic carbocycles.